The van der Waals surface area contributed by atoms with Gasteiger partial charge in [0.05, 0.1) is 11.9 Å². The molecule has 0 aromatic heterocycles. The van der Waals surface area contributed by atoms with E-state index in [-0.39, 0.29) is 6.03 Å². The quantitative estimate of drug-likeness (QED) is 0.838. The number of rotatable bonds is 4. The number of fused-ring (bicyclic) bond motifs is 1. The zero-order valence-electron chi connectivity index (χ0n) is 15.8. The van der Waals surface area contributed by atoms with Crippen LogP contribution >= 0.6 is 0 Å². The number of nitrogens with zero attached hydrogens (tertiary/aromatic N) is 1. The van der Waals surface area contributed by atoms with Crippen molar-refractivity contribution in [2.75, 3.05) is 22.8 Å². The van der Waals surface area contributed by atoms with Crippen molar-refractivity contribution >= 4 is 27.4 Å². The van der Waals surface area contributed by atoms with E-state index in [2.05, 4.69) is 23.9 Å². The first kappa shape index (κ1) is 19.2. The summed E-state index contributed by atoms with van der Waals surface area (Å²) in [5.41, 5.74) is 4.44. The van der Waals surface area contributed by atoms with E-state index in [0.29, 0.717) is 31.1 Å². The van der Waals surface area contributed by atoms with Crippen LogP contribution in [0.2, 0.25) is 0 Å². The molecule has 1 aliphatic heterocycles. The van der Waals surface area contributed by atoms with Crippen molar-refractivity contribution in [2.45, 2.75) is 32.7 Å². The molecule has 0 aliphatic carbocycles. The maximum atomic E-state index is 12.8. The van der Waals surface area contributed by atoms with Gasteiger partial charge in [-0.1, -0.05) is 44.2 Å². The highest BCUT2D eigenvalue weighted by Crippen LogP contribution is 2.28. The lowest BCUT2D eigenvalue weighted by Crippen LogP contribution is -2.39. The molecule has 0 atom stereocenters. The van der Waals surface area contributed by atoms with Crippen LogP contribution in [0.4, 0.5) is 16.2 Å². The Bertz CT molecular complexity index is 955. The Morgan fingerprint density at radius 1 is 1.07 bits per heavy atom. The average Bonchev–Trinajstić information content (AvgIpc) is 2.60. The van der Waals surface area contributed by atoms with E-state index in [1.807, 2.05) is 36.4 Å². The lowest BCUT2D eigenvalue weighted by molar-refractivity contribution is 0.206. The zero-order valence-corrected chi connectivity index (χ0v) is 16.6. The van der Waals surface area contributed by atoms with E-state index in [0.717, 1.165) is 28.6 Å². The number of anilines is 2. The molecule has 0 bridgehead atoms. The summed E-state index contributed by atoms with van der Waals surface area (Å²) in [7, 11) is -3.34. The monoisotopic (exact) mass is 387 g/mol. The molecule has 7 heteroatoms. The number of carbonyl (C=O) groups excluding carboxylic acids is 1. The normalized spacial score (nSPS) is 14.0. The Morgan fingerprint density at radius 3 is 2.48 bits per heavy atom. The predicted molar refractivity (Wildman–Crippen MR) is 109 cm³/mol. The van der Waals surface area contributed by atoms with Gasteiger partial charge in [-0.2, -0.15) is 0 Å². The number of hydrogen-bond acceptors (Lipinski definition) is 3. The maximum Gasteiger partial charge on any atom is 0.322 e. The van der Waals surface area contributed by atoms with Gasteiger partial charge in [0.1, 0.15) is 0 Å². The molecule has 1 aliphatic rings. The summed E-state index contributed by atoms with van der Waals surface area (Å²) in [5, 5.41) is 3.02. The molecule has 3 rings (SSSR count). The Labute approximate surface area is 160 Å². The number of hydrogen-bond donors (Lipinski definition) is 2. The van der Waals surface area contributed by atoms with Gasteiger partial charge >= 0.3 is 6.03 Å². The molecule has 0 spiro atoms. The van der Waals surface area contributed by atoms with Gasteiger partial charge in [-0.25, -0.2) is 13.2 Å². The standard InChI is InChI=1S/C20H25N3O3S/c1-14(2)16-8-4-5-9-18(16)21-20(24)23-12-11-17-15(13-23)7-6-10-19(17)22-27(3,25)26/h4-10,14,22H,11-13H2,1-3H3,(H,21,24). The van der Waals surface area contributed by atoms with Crippen LogP contribution < -0.4 is 10.0 Å². The van der Waals surface area contributed by atoms with Crippen molar-refractivity contribution in [2.24, 2.45) is 0 Å². The fraction of sp³-hybridized carbons (Fsp3) is 0.350. The molecule has 1 heterocycles. The largest absolute Gasteiger partial charge is 0.322 e. The predicted octanol–water partition coefficient (Wildman–Crippen LogP) is 3.77. The van der Waals surface area contributed by atoms with Gasteiger partial charge in [-0.3, -0.25) is 4.72 Å². The third-order valence-electron chi connectivity index (χ3n) is 4.67. The Hall–Kier alpha value is -2.54. The molecule has 0 unspecified atom stereocenters. The first-order valence-electron chi connectivity index (χ1n) is 8.98. The van der Waals surface area contributed by atoms with E-state index in [9.17, 15) is 13.2 Å². The molecule has 2 amide bonds. The van der Waals surface area contributed by atoms with Crippen molar-refractivity contribution in [3.05, 3.63) is 59.2 Å². The van der Waals surface area contributed by atoms with Crippen LogP contribution in [0.3, 0.4) is 0 Å². The molecular formula is C20H25N3O3S. The first-order chi connectivity index (χ1) is 12.7. The smallest absolute Gasteiger partial charge is 0.320 e. The van der Waals surface area contributed by atoms with E-state index < -0.39 is 10.0 Å². The molecule has 2 aromatic carbocycles. The van der Waals surface area contributed by atoms with Crippen LogP contribution in [-0.2, 0) is 23.0 Å². The second-order valence-corrected chi connectivity index (χ2v) is 8.91. The molecule has 27 heavy (non-hydrogen) atoms. The molecule has 0 fully saturated rings. The summed E-state index contributed by atoms with van der Waals surface area (Å²) in [6, 6.07) is 13.2. The number of para-hydroxylation sites is 1. The summed E-state index contributed by atoms with van der Waals surface area (Å²) in [6.45, 7) is 5.17. The number of benzene rings is 2. The molecule has 2 aromatic rings. The highest BCUT2D eigenvalue weighted by Gasteiger charge is 2.23. The summed E-state index contributed by atoms with van der Waals surface area (Å²) < 4.78 is 25.7. The fourth-order valence-corrected chi connectivity index (χ4v) is 3.98. The van der Waals surface area contributed by atoms with Crippen molar-refractivity contribution in [1.82, 2.24) is 4.90 Å². The highest BCUT2D eigenvalue weighted by atomic mass is 32.2. The van der Waals surface area contributed by atoms with Crippen LogP contribution in [0.15, 0.2) is 42.5 Å². The Morgan fingerprint density at radius 2 is 1.78 bits per heavy atom. The van der Waals surface area contributed by atoms with Crippen LogP contribution in [-0.4, -0.2) is 32.1 Å². The van der Waals surface area contributed by atoms with Gasteiger partial charge < -0.3 is 10.2 Å². The molecule has 0 radical (unpaired) electrons. The van der Waals surface area contributed by atoms with Gasteiger partial charge in [0.15, 0.2) is 0 Å². The molecule has 0 saturated heterocycles. The lowest BCUT2D eigenvalue weighted by Gasteiger charge is -2.30. The van der Waals surface area contributed by atoms with E-state index in [4.69, 9.17) is 0 Å². The van der Waals surface area contributed by atoms with Crippen LogP contribution in [0.1, 0.15) is 36.5 Å². The minimum absolute atomic E-state index is 0.143. The Kier molecular flexibility index (Phi) is 5.41. The highest BCUT2D eigenvalue weighted by molar-refractivity contribution is 7.92. The second-order valence-electron chi connectivity index (χ2n) is 7.16. The zero-order chi connectivity index (χ0) is 19.6. The summed E-state index contributed by atoms with van der Waals surface area (Å²) in [5.74, 6) is 0.313. The second kappa shape index (κ2) is 7.60. The minimum atomic E-state index is -3.34. The van der Waals surface area contributed by atoms with Crippen molar-refractivity contribution in [3.63, 3.8) is 0 Å². The van der Waals surface area contributed by atoms with Gasteiger partial charge in [-0.05, 0) is 41.2 Å². The number of urea groups is 1. The lowest BCUT2D eigenvalue weighted by atomic mass is 9.98. The minimum Gasteiger partial charge on any atom is -0.320 e. The Balaban J connectivity index is 1.77. The summed E-state index contributed by atoms with van der Waals surface area (Å²) >= 11 is 0. The first-order valence-corrected chi connectivity index (χ1v) is 10.9. The number of nitrogens with one attached hydrogen (secondary N) is 2. The summed E-state index contributed by atoms with van der Waals surface area (Å²) in [6.07, 6.45) is 1.74. The van der Waals surface area contributed by atoms with Crippen LogP contribution in [0.5, 0.6) is 0 Å². The number of carbonyl (C=O) groups is 1. The third kappa shape index (κ3) is 4.60. The van der Waals surface area contributed by atoms with Gasteiger partial charge in [-0.15, -0.1) is 0 Å². The van der Waals surface area contributed by atoms with Crippen molar-refractivity contribution < 1.29 is 13.2 Å². The maximum absolute atomic E-state index is 12.8. The van der Waals surface area contributed by atoms with Crippen molar-refractivity contribution in [1.29, 1.82) is 0 Å². The SMILES string of the molecule is CC(C)c1ccccc1NC(=O)N1CCc2c(cccc2NS(C)(=O)=O)C1. The average molecular weight is 388 g/mol. The van der Waals surface area contributed by atoms with Crippen LogP contribution in [0.25, 0.3) is 0 Å². The van der Waals surface area contributed by atoms with Gasteiger partial charge in [0.2, 0.25) is 10.0 Å². The molecular weight excluding hydrogens is 362 g/mol. The summed E-state index contributed by atoms with van der Waals surface area (Å²) in [4.78, 5) is 14.5. The molecule has 6 nitrogen and oxygen atoms in total. The fourth-order valence-electron chi connectivity index (χ4n) is 3.39. The molecule has 144 valence electrons. The molecule has 2 N–H and O–H groups in total. The van der Waals surface area contributed by atoms with Crippen molar-refractivity contribution in [3.8, 4) is 0 Å². The number of sulfonamides is 1. The van der Waals surface area contributed by atoms with Gasteiger partial charge in [0.25, 0.3) is 0 Å². The van der Waals surface area contributed by atoms with E-state index in [1.165, 1.54) is 0 Å². The topological polar surface area (TPSA) is 78.5 Å². The molecule has 0 saturated carbocycles. The van der Waals surface area contributed by atoms with Crippen LogP contribution in [0, 0.1) is 0 Å². The van der Waals surface area contributed by atoms with Gasteiger partial charge in [0, 0.05) is 18.8 Å². The van der Waals surface area contributed by atoms with E-state index >= 15 is 0 Å². The van der Waals surface area contributed by atoms with E-state index in [1.54, 1.807) is 11.0 Å². The third-order valence-corrected chi connectivity index (χ3v) is 5.26. The number of amides is 2.